The number of ether oxygens (including phenoxy) is 3. The van der Waals surface area contributed by atoms with Crippen LogP contribution < -0.4 is 5.32 Å². The van der Waals surface area contributed by atoms with Crippen molar-refractivity contribution in [3.05, 3.63) is 230 Å². The van der Waals surface area contributed by atoms with Crippen molar-refractivity contribution in [3.63, 3.8) is 0 Å². The molecular weight excluding hydrogens is 1350 g/mol. The van der Waals surface area contributed by atoms with Crippen molar-refractivity contribution in [2.45, 2.75) is 115 Å². The Hall–Kier alpha value is -7.76. The maximum atomic E-state index is 12.6. The largest absolute Gasteiger partial charge is 0.454 e. The maximum Gasteiger partial charge on any atom is 0.410 e. The van der Waals surface area contributed by atoms with Crippen LogP contribution in [0, 0.1) is 0 Å². The lowest BCUT2D eigenvalue weighted by atomic mass is 9.72. The Morgan fingerprint density at radius 2 is 0.760 bits per heavy atom. The third-order valence-electron chi connectivity index (χ3n) is 16.5. The molecule has 27 heteroatoms. The van der Waals surface area contributed by atoms with Gasteiger partial charge >= 0.3 is 17.6 Å². The lowest BCUT2D eigenvalue weighted by Gasteiger charge is -2.40. The fourth-order valence-electron chi connectivity index (χ4n) is 11.6. The fourth-order valence-corrected chi connectivity index (χ4v) is 12.1. The number of benzene rings is 6. The molecule has 0 aliphatic carbocycles. The highest BCUT2D eigenvalue weighted by Gasteiger charge is 2.45. The first-order valence-corrected chi connectivity index (χ1v) is 34.2. The standard InChI is InChI=1S/C24H28ClN5O2.C22H24ClN5O2.C19H20ClN5.C3H5ClO2.CH2Cl2/c1-23(2,3)32-22(31)29-15-13-24(14-16-29,19-7-5-4-6-8-19)21-26-28-30(27-21)17-18-9-11-20(25)12-10-18;1-2-30-21(29)27-14-12-22(13-15-27,18-6-4-3-5-7-18)20-24-26-28(25-20)16-17-8-10-19(23)11-9-17;20-17-8-6-15(7-9-17)14-25-23-18(22-24-25)19(10-12-21-13-11-19)16-4-2-1-3-5-16;1-2-6-3(4)5;2-1-3/h4-12H,13-17H2,1-3H3;3-11H,2,12-16H2,1H3;1-9,21H,10-14H2;2H2,1H3;1H2. The number of likely N-dealkylation sites (tertiary alicyclic amines) is 2. The Bertz CT molecular complexity index is 3810. The molecule has 3 saturated heterocycles. The van der Waals surface area contributed by atoms with Crippen molar-refractivity contribution < 1.29 is 28.6 Å². The van der Waals surface area contributed by atoms with E-state index in [1.807, 2.05) is 143 Å². The smallest absolute Gasteiger partial charge is 0.410 e. The summed E-state index contributed by atoms with van der Waals surface area (Å²) in [6.45, 7) is 15.7. The summed E-state index contributed by atoms with van der Waals surface area (Å²) in [6.07, 6.45) is 4.22. The van der Waals surface area contributed by atoms with Gasteiger partial charge in [0.2, 0.25) is 0 Å². The Morgan fingerprint density at radius 1 is 0.458 bits per heavy atom. The lowest BCUT2D eigenvalue weighted by Crippen LogP contribution is -2.47. The average molecular weight is 1430 g/mol. The Morgan fingerprint density at radius 3 is 1.04 bits per heavy atom. The Kier molecular flexibility index (Phi) is 27.8. The molecule has 96 heavy (non-hydrogen) atoms. The van der Waals surface area contributed by atoms with Crippen molar-refractivity contribution in [1.82, 2.24) is 75.7 Å². The SMILES string of the molecule is CC(C)(C)OC(=O)N1CCC(c2ccccc2)(c2nnn(Cc3ccc(Cl)cc3)n2)CC1.CCOC(=O)Cl.CCOC(=O)N1CCC(c2ccccc2)(c2nnn(Cc3ccc(Cl)cc3)n2)CC1.ClCCl.Clc1ccc(Cn2nnc(C3(c4ccccc4)CCNCC3)n2)cc1. The summed E-state index contributed by atoms with van der Waals surface area (Å²) in [5, 5.41) is 46.2. The number of rotatable bonds is 14. The summed E-state index contributed by atoms with van der Waals surface area (Å²) < 4.78 is 14.9. The molecule has 0 atom stereocenters. The van der Waals surface area contributed by atoms with E-state index in [4.69, 9.17) is 94.4 Å². The van der Waals surface area contributed by atoms with E-state index in [9.17, 15) is 14.4 Å². The monoisotopic (exact) mass is 1420 g/mol. The first-order chi connectivity index (χ1) is 46.3. The second-order valence-corrected chi connectivity index (χ2v) is 26.3. The van der Waals surface area contributed by atoms with Gasteiger partial charge in [0.15, 0.2) is 17.5 Å². The zero-order valence-electron chi connectivity index (χ0n) is 54.3. The molecule has 0 bridgehead atoms. The van der Waals surface area contributed by atoms with Gasteiger partial charge in [-0.25, -0.2) is 14.4 Å². The van der Waals surface area contributed by atoms with Crippen LogP contribution in [-0.2, 0) is 50.1 Å². The molecule has 6 aromatic carbocycles. The summed E-state index contributed by atoms with van der Waals surface area (Å²) in [4.78, 5) is 42.7. The van der Waals surface area contributed by atoms with Crippen LogP contribution in [0.3, 0.4) is 0 Å². The molecule has 508 valence electrons. The number of alkyl halides is 2. The minimum Gasteiger partial charge on any atom is -0.454 e. The van der Waals surface area contributed by atoms with Gasteiger partial charge in [0, 0.05) is 52.8 Å². The zero-order valence-corrected chi connectivity index (χ0v) is 58.8. The zero-order chi connectivity index (χ0) is 68.6. The maximum absolute atomic E-state index is 12.6. The molecule has 9 aromatic rings. The third-order valence-corrected chi connectivity index (χ3v) is 17.3. The van der Waals surface area contributed by atoms with E-state index >= 15 is 0 Å². The second-order valence-electron chi connectivity index (χ2n) is 23.8. The van der Waals surface area contributed by atoms with Crippen molar-refractivity contribution in [1.29, 1.82) is 0 Å². The van der Waals surface area contributed by atoms with E-state index in [1.54, 1.807) is 31.1 Å². The topological polar surface area (TPSA) is 228 Å². The quantitative estimate of drug-likeness (QED) is 0.0606. The van der Waals surface area contributed by atoms with Crippen LogP contribution >= 0.6 is 69.6 Å². The molecule has 3 aliphatic heterocycles. The molecule has 3 aromatic heterocycles. The van der Waals surface area contributed by atoms with E-state index in [-0.39, 0.29) is 28.4 Å². The number of piperidine rings is 3. The van der Waals surface area contributed by atoms with Crippen LogP contribution in [0.4, 0.5) is 14.4 Å². The first kappa shape index (κ1) is 74.0. The predicted octanol–water partition coefficient (Wildman–Crippen LogP) is 14.5. The third kappa shape index (κ3) is 20.6. The van der Waals surface area contributed by atoms with Crippen LogP contribution in [0.2, 0.25) is 15.1 Å². The second kappa shape index (κ2) is 36.0. The number of nitrogens with zero attached hydrogens (tertiary/aromatic N) is 14. The molecule has 21 nitrogen and oxygen atoms in total. The van der Waals surface area contributed by atoms with Crippen LogP contribution in [-0.4, -0.2) is 151 Å². The molecule has 0 unspecified atom stereocenters. The highest BCUT2D eigenvalue weighted by Crippen LogP contribution is 2.42. The molecule has 0 spiro atoms. The molecule has 0 radical (unpaired) electrons. The minimum atomic E-state index is -0.738. The Balaban J connectivity index is 0.000000174. The van der Waals surface area contributed by atoms with E-state index in [1.165, 1.54) is 5.56 Å². The highest BCUT2D eigenvalue weighted by molar-refractivity contribution is 6.61. The molecule has 6 heterocycles. The number of amides is 2. The van der Waals surface area contributed by atoms with Crippen molar-refractivity contribution >= 4 is 87.2 Å². The normalized spacial score (nSPS) is 15.3. The number of hydrogen-bond acceptors (Lipinski definition) is 16. The van der Waals surface area contributed by atoms with Crippen molar-refractivity contribution in [2.24, 2.45) is 0 Å². The van der Waals surface area contributed by atoms with E-state index < -0.39 is 16.4 Å². The predicted molar refractivity (Wildman–Crippen MR) is 373 cm³/mol. The summed E-state index contributed by atoms with van der Waals surface area (Å²) >= 11 is 32.2. The molecule has 12 rings (SSSR count). The summed E-state index contributed by atoms with van der Waals surface area (Å²) in [5.74, 6) is 2.18. The molecular formula is C69H79Cl6N15O6. The van der Waals surface area contributed by atoms with Gasteiger partial charge in [0.25, 0.3) is 0 Å². The molecule has 1 N–H and O–H groups in total. The fraction of sp³-hybridized carbons (Fsp3) is 0.391. The van der Waals surface area contributed by atoms with Crippen LogP contribution in [0.25, 0.3) is 0 Å². The van der Waals surface area contributed by atoms with Crippen molar-refractivity contribution in [2.75, 3.05) is 57.8 Å². The summed E-state index contributed by atoms with van der Waals surface area (Å²) in [7, 11) is 0. The lowest BCUT2D eigenvalue weighted by molar-refractivity contribution is 0.0176. The highest BCUT2D eigenvalue weighted by atomic mass is 35.5. The minimum absolute atomic E-state index is 0.162. The van der Waals surface area contributed by atoms with E-state index in [0.717, 1.165) is 64.6 Å². The number of carbonyl (C=O) groups is 3. The van der Waals surface area contributed by atoms with Crippen LogP contribution in [0.1, 0.15) is 124 Å². The van der Waals surface area contributed by atoms with Gasteiger partial charge in [0.05, 0.1) is 54.4 Å². The van der Waals surface area contributed by atoms with Crippen molar-refractivity contribution in [3.8, 4) is 0 Å². The number of halogens is 6. The number of nitrogens with one attached hydrogen (secondary N) is 1. The average Bonchev–Trinajstić information content (AvgIpc) is 1.35. The number of hydrogen-bond donors (Lipinski definition) is 1. The van der Waals surface area contributed by atoms with Gasteiger partial charge < -0.3 is 29.3 Å². The summed E-state index contributed by atoms with van der Waals surface area (Å²) in [5.41, 5.74) is 4.53. The first-order valence-electron chi connectivity index (χ1n) is 31.6. The van der Waals surface area contributed by atoms with Gasteiger partial charge in [-0.15, -0.1) is 53.8 Å². The Labute approximate surface area is 590 Å². The van der Waals surface area contributed by atoms with E-state index in [0.29, 0.717) is 106 Å². The molecule has 0 saturated carbocycles. The van der Waals surface area contributed by atoms with Gasteiger partial charge in [-0.05, 0) is 172 Å². The number of aromatic nitrogens is 12. The van der Waals surface area contributed by atoms with Gasteiger partial charge in [-0.1, -0.05) is 162 Å². The number of carbonyl (C=O) groups excluding carboxylic acids is 3. The van der Waals surface area contributed by atoms with Crippen LogP contribution in [0.15, 0.2) is 164 Å². The van der Waals surface area contributed by atoms with Gasteiger partial charge in [0.1, 0.15) is 5.60 Å². The van der Waals surface area contributed by atoms with Gasteiger partial charge in [-0.2, -0.15) is 14.4 Å². The number of tetrazole rings is 3. The van der Waals surface area contributed by atoms with Gasteiger partial charge in [-0.3, -0.25) is 0 Å². The molecule has 3 aliphatic rings. The van der Waals surface area contributed by atoms with E-state index in [2.05, 4.69) is 89.5 Å². The van der Waals surface area contributed by atoms with Crippen LogP contribution in [0.5, 0.6) is 0 Å². The molecule has 3 fully saturated rings. The summed E-state index contributed by atoms with van der Waals surface area (Å²) in [6, 6.07) is 54.0. The molecule has 2 amide bonds.